The van der Waals surface area contributed by atoms with E-state index in [9.17, 15) is 0 Å². The largest absolute Gasteiger partial charge is 0.493 e. The summed E-state index contributed by atoms with van der Waals surface area (Å²) in [6.45, 7) is 2.10. The summed E-state index contributed by atoms with van der Waals surface area (Å²) in [7, 11) is 3.26. The minimum absolute atomic E-state index is 0.111. The van der Waals surface area contributed by atoms with E-state index in [1.54, 1.807) is 14.2 Å². The molecule has 2 rings (SSSR count). The number of hydrogen-bond donors (Lipinski definition) is 1. The molecule has 0 radical (unpaired) electrons. The molecule has 2 unspecified atom stereocenters. The van der Waals surface area contributed by atoms with Crippen molar-refractivity contribution in [2.75, 3.05) is 14.2 Å². The van der Waals surface area contributed by atoms with Gasteiger partial charge in [-0.15, -0.1) is 0 Å². The van der Waals surface area contributed by atoms with E-state index in [0.29, 0.717) is 16.5 Å². The van der Waals surface area contributed by atoms with Gasteiger partial charge in [0, 0.05) is 17.0 Å². The van der Waals surface area contributed by atoms with Crippen LogP contribution in [0.25, 0.3) is 0 Å². The molecule has 0 aliphatic rings. The second kappa shape index (κ2) is 6.83. The molecular formula is C17H20ClNO2. The lowest BCUT2D eigenvalue weighted by Gasteiger charge is -2.22. The summed E-state index contributed by atoms with van der Waals surface area (Å²) in [5, 5.41) is 0.713. The number of methoxy groups -OCH3 is 2. The molecule has 0 aliphatic carbocycles. The summed E-state index contributed by atoms with van der Waals surface area (Å²) in [6.07, 6.45) is 0. The molecule has 3 nitrogen and oxygen atoms in total. The summed E-state index contributed by atoms with van der Waals surface area (Å²) in [5.41, 5.74) is 8.53. The van der Waals surface area contributed by atoms with Crippen molar-refractivity contribution in [1.29, 1.82) is 0 Å². The van der Waals surface area contributed by atoms with E-state index >= 15 is 0 Å². The van der Waals surface area contributed by atoms with E-state index in [1.807, 2.05) is 42.5 Å². The highest BCUT2D eigenvalue weighted by Gasteiger charge is 2.18. The van der Waals surface area contributed by atoms with Gasteiger partial charge in [-0.25, -0.2) is 0 Å². The van der Waals surface area contributed by atoms with E-state index in [4.69, 9.17) is 26.8 Å². The molecule has 4 heteroatoms. The zero-order valence-corrected chi connectivity index (χ0v) is 13.2. The van der Waals surface area contributed by atoms with Crippen molar-refractivity contribution in [1.82, 2.24) is 0 Å². The number of benzene rings is 2. The van der Waals surface area contributed by atoms with Crippen LogP contribution in [-0.2, 0) is 0 Å². The second-order valence-corrected chi connectivity index (χ2v) is 5.42. The fourth-order valence-corrected chi connectivity index (χ4v) is 2.44. The third-order valence-electron chi connectivity index (χ3n) is 3.73. The fraction of sp³-hybridized carbons (Fsp3) is 0.294. The van der Waals surface area contributed by atoms with Gasteiger partial charge in [-0.1, -0.05) is 36.7 Å². The Morgan fingerprint density at radius 1 is 0.905 bits per heavy atom. The molecule has 0 saturated carbocycles. The Labute approximate surface area is 130 Å². The summed E-state index contributed by atoms with van der Waals surface area (Å²) in [6, 6.07) is 13.4. The maximum absolute atomic E-state index is 6.37. The Kier molecular flexibility index (Phi) is 5.10. The zero-order chi connectivity index (χ0) is 15.4. The van der Waals surface area contributed by atoms with Crippen LogP contribution in [-0.4, -0.2) is 14.2 Å². The van der Waals surface area contributed by atoms with E-state index in [1.165, 1.54) is 0 Å². The minimum Gasteiger partial charge on any atom is -0.493 e. The highest BCUT2D eigenvalue weighted by Crippen LogP contribution is 2.35. The normalized spacial score (nSPS) is 13.6. The maximum atomic E-state index is 6.37. The first kappa shape index (κ1) is 15.7. The van der Waals surface area contributed by atoms with E-state index < -0.39 is 0 Å². The quantitative estimate of drug-likeness (QED) is 0.902. The summed E-state index contributed by atoms with van der Waals surface area (Å²) in [4.78, 5) is 0. The van der Waals surface area contributed by atoms with Crippen molar-refractivity contribution in [3.05, 3.63) is 58.6 Å². The molecule has 2 aromatic carbocycles. The van der Waals surface area contributed by atoms with Gasteiger partial charge in [-0.05, 0) is 35.4 Å². The highest BCUT2D eigenvalue weighted by atomic mass is 35.5. The lowest BCUT2D eigenvalue weighted by molar-refractivity contribution is 0.354. The topological polar surface area (TPSA) is 44.5 Å². The van der Waals surface area contributed by atoms with Crippen LogP contribution >= 0.6 is 11.6 Å². The molecule has 2 atom stereocenters. The Morgan fingerprint density at radius 2 is 1.48 bits per heavy atom. The first-order valence-electron chi connectivity index (χ1n) is 6.79. The third kappa shape index (κ3) is 3.49. The Bertz CT molecular complexity index is 598. The Balaban J connectivity index is 2.26. The van der Waals surface area contributed by atoms with Crippen LogP contribution in [0.1, 0.15) is 30.0 Å². The molecule has 0 fully saturated rings. The van der Waals surface area contributed by atoms with Crippen molar-refractivity contribution in [3.63, 3.8) is 0 Å². The van der Waals surface area contributed by atoms with Crippen molar-refractivity contribution in [2.24, 2.45) is 5.73 Å². The molecule has 21 heavy (non-hydrogen) atoms. The van der Waals surface area contributed by atoms with Gasteiger partial charge in [0.25, 0.3) is 0 Å². The van der Waals surface area contributed by atoms with Gasteiger partial charge < -0.3 is 15.2 Å². The van der Waals surface area contributed by atoms with Crippen LogP contribution in [0, 0.1) is 0 Å². The third-order valence-corrected chi connectivity index (χ3v) is 3.98. The predicted molar refractivity (Wildman–Crippen MR) is 86.3 cm³/mol. The van der Waals surface area contributed by atoms with Gasteiger partial charge in [-0.2, -0.15) is 0 Å². The molecule has 0 amide bonds. The molecule has 0 aromatic heterocycles. The van der Waals surface area contributed by atoms with E-state index in [-0.39, 0.29) is 12.0 Å². The zero-order valence-electron chi connectivity index (χ0n) is 12.5. The number of hydrogen-bond acceptors (Lipinski definition) is 3. The van der Waals surface area contributed by atoms with Crippen LogP contribution in [0.5, 0.6) is 11.5 Å². The summed E-state index contributed by atoms with van der Waals surface area (Å²) < 4.78 is 10.6. The average molecular weight is 306 g/mol. The van der Waals surface area contributed by atoms with Gasteiger partial charge in [0.2, 0.25) is 0 Å². The maximum Gasteiger partial charge on any atom is 0.160 e. The Morgan fingerprint density at radius 3 is 2.05 bits per heavy atom. The van der Waals surface area contributed by atoms with Gasteiger partial charge in [0.05, 0.1) is 14.2 Å². The predicted octanol–water partition coefficient (Wildman–Crippen LogP) is 4.16. The van der Waals surface area contributed by atoms with Crippen molar-refractivity contribution >= 4 is 11.6 Å². The minimum atomic E-state index is -0.111. The number of halogens is 1. The van der Waals surface area contributed by atoms with Crippen LogP contribution in [0.15, 0.2) is 42.5 Å². The van der Waals surface area contributed by atoms with Gasteiger partial charge in [0.1, 0.15) is 0 Å². The fourth-order valence-electron chi connectivity index (χ4n) is 2.32. The monoisotopic (exact) mass is 305 g/mol. The second-order valence-electron chi connectivity index (χ2n) is 4.98. The lowest BCUT2D eigenvalue weighted by atomic mass is 9.89. The molecule has 0 bridgehead atoms. The summed E-state index contributed by atoms with van der Waals surface area (Å²) in [5.74, 6) is 1.57. The van der Waals surface area contributed by atoms with E-state index in [0.717, 1.165) is 11.1 Å². The molecule has 2 N–H and O–H groups in total. The molecule has 0 saturated heterocycles. The molecular weight excluding hydrogens is 286 g/mol. The number of nitrogens with two attached hydrogens (primary N) is 1. The lowest BCUT2D eigenvalue weighted by Crippen LogP contribution is -2.17. The Hall–Kier alpha value is -1.71. The number of ether oxygens (including phenoxy) is 2. The van der Waals surface area contributed by atoms with Crippen LogP contribution in [0.4, 0.5) is 0 Å². The highest BCUT2D eigenvalue weighted by molar-refractivity contribution is 6.30. The molecule has 112 valence electrons. The smallest absolute Gasteiger partial charge is 0.160 e. The van der Waals surface area contributed by atoms with Crippen molar-refractivity contribution in [2.45, 2.75) is 18.9 Å². The molecule has 2 aromatic rings. The SMILES string of the molecule is COc1ccc(C(C)C(N)c2ccc(Cl)cc2)cc1OC. The van der Waals surface area contributed by atoms with Crippen molar-refractivity contribution in [3.8, 4) is 11.5 Å². The first-order valence-corrected chi connectivity index (χ1v) is 7.17. The van der Waals surface area contributed by atoms with Crippen molar-refractivity contribution < 1.29 is 9.47 Å². The summed E-state index contributed by atoms with van der Waals surface area (Å²) >= 11 is 5.91. The average Bonchev–Trinajstić information content (AvgIpc) is 2.53. The van der Waals surface area contributed by atoms with Gasteiger partial charge >= 0.3 is 0 Å². The number of rotatable bonds is 5. The van der Waals surface area contributed by atoms with Gasteiger partial charge in [0.15, 0.2) is 11.5 Å². The van der Waals surface area contributed by atoms with Crippen LogP contribution in [0.3, 0.4) is 0 Å². The standard InChI is InChI=1S/C17H20ClNO2/c1-11(17(19)12-4-7-14(18)8-5-12)13-6-9-15(20-2)16(10-13)21-3/h4-11,17H,19H2,1-3H3. The van der Waals surface area contributed by atoms with Gasteiger partial charge in [-0.3, -0.25) is 0 Å². The molecule has 0 heterocycles. The van der Waals surface area contributed by atoms with Crippen LogP contribution < -0.4 is 15.2 Å². The van der Waals surface area contributed by atoms with Crippen LogP contribution in [0.2, 0.25) is 5.02 Å². The molecule has 0 aliphatic heterocycles. The first-order chi connectivity index (χ1) is 10.1. The molecule has 0 spiro atoms. The van der Waals surface area contributed by atoms with E-state index in [2.05, 4.69) is 6.92 Å².